The number of hydrogen-bond acceptors (Lipinski definition) is 2. The highest BCUT2D eigenvalue weighted by Crippen LogP contribution is 2.21. The van der Waals surface area contributed by atoms with E-state index in [1.54, 1.807) is 0 Å². The van der Waals surface area contributed by atoms with Gasteiger partial charge in [-0.1, -0.05) is 56.3 Å². The van der Waals surface area contributed by atoms with Crippen molar-refractivity contribution in [1.82, 2.24) is 5.32 Å². The van der Waals surface area contributed by atoms with E-state index in [-0.39, 0.29) is 0 Å². The standard InChI is InChI=1S/C17H23NS/c1-13(2)19-12-16(18-3)11-15-9-6-8-14-7-4-5-10-17(14)15/h4-10,13,16,18H,11-12H2,1-3H3. The minimum atomic E-state index is 0.540. The van der Waals surface area contributed by atoms with Crippen molar-refractivity contribution in [3.63, 3.8) is 0 Å². The molecule has 2 rings (SSSR count). The van der Waals surface area contributed by atoms with Gasteiger partial charge in [0.1, 0.15) is 0 Å². The summed E-state index contributed by atoms with van der Waals surface area (Å²) in [5.41, 5.74) is 1.45. The van der Waals surface area contributed by atoms with Gasteiger partial charge in [-0.3, -0.25) is 0 Å². The Kier molecular flexibility index (Phi) is 5.29. The van der Waals surface area contributed by atoms with Crippen LogP contribution in [0.1, 0.15) is 19.4 Å². The molecule has 0 aliphatic carbocycles. The van der Waals surface area contributed by atoms with Gasteiger partial charge in [-0.15, -0.1) is 0 Å². The van der Waals surface area contributed by atoms with E-state index < -0.39 is 0 Å². The van der Waals surface area contributed by atoms with Gasteiger partial charge in [0.15, 0.2) is 0 Å². The summed E-state index contributed by atoms with van der Waals surface area (Å²) < 4.78 is 0. The Morgan fingerprint density at radius 2 is 1.79 bits per heavy atom. The number of fused-ring (bicyclic) bond motifs is 1. The molecule has 1 unspecified atom stereocenters. The predicted molar refractivity (Wildman–Crippen MR) is 88.1 cm³/mol. The van der Waals surface area contributed by atoms with Gasteiger partial charge < -0.3 is 5.32 Å². The molecular weight excluding hydrogens is 250 g/mol. The zero-order valence-electron chi connectivity index (χ0n) is 12.0. The summed E-state index contributed by atoms with van der Waals surface area (Å²) in [6, 6.07) is 15.8. The molecule has 1 nitrogen and oxygen atoms in total. The van der Waals surface area contributed by atoms with E-state index in [0.29, 0.717) is 11.3 Å². The average molecular weight is 273 g/mol. The van der Waals surface area contributed by atoms with Crippen LogP contribution in [0.2, 0.25) is 0 Å². The summed E-state index contributed by atoms with van der Waals surface area (Å²) in [4.78, 5) is 0. The van der Waals surface area contributed by atoms with Crippen LogP contribution in [-0.2, 0) is 6.42 Å². The minimum absolute atomic E-state index is 0.540. The highest BCUT2D eigenvalue weighted by molar-refractivity contribution is 7.99. The molecule has 0 heterocycles. The second-order valence-electron chi connectivity index (χ2n) is 5.21. The molecule has 0 spiro atoms. The Morgan fingerprint density at radius 3 is 2.53 bits per heavy atom. The summed E-state index contributed by atoms with van der Waals surface area (Å²) >= 11 is 2.03. The molecule has 0 amide bonds. The number of likely N-dealkylation sites (N-methyl/N-ethyl adjacent to an activating group) is 1. The fourth-order valence-corrected chi connectivity index (χ4v) is 3.19. The highest BCUT2D eigenvalue weighted by atomic mass is 32.2. The van der Waals surface area contributed by atoms with Crippen LogP contribution in [0.3, 0.4) is 0 Å². The lowest BCUT2D eigenvalue weighted by molar-refractivity contribution is 0.618. The molecule has 2 heteroatoms. The Bertz CT molecular complexity index is 516. The third kappa shape index (κ3) is 3.99. The smallest absolute Gasteiger partial charge is 0.0195 e. The number of thioether (sulfide) groups is 1. The van der Waals surface area contributed by atoms with E-state index in [4.69, 9.17) is 0 Å². The molecule has 2 aromatic carbocycles. The molecule has 0 saturated carbocycles. The molecule has 0 bridgehead atoms. The molecule has 102 valence electrons. The lowest BCUT2D eigenvalue weighted by Gasteiger charge is -2.18. The van der Waals surface area contributed by atoms with Crippen LogP contribution in [0.5, 0.6) is 0 Å². The largest absolute Gasteiger partial charge is 0.316 e. The van der Waals surface area contributed by atoms with Gasteiger partial charge >= 0.3 is 0 Å². The van der Waals surface area contributed by atoms with Gasteiger partial charge in [-0.05, 0) is 35.1 Å². The number of rotatable bonds is 6. The molecule has 0 radical (unpaired) electrons. The molecule has 1 N–H and O–H groups in total. The maximum absolute atomic E-state index is 3.45. The summed E-state index contributed by atoms with van der Waals surface area (Å²) in [7, 11) is 2.07. The van der Waals surface area contributed by atoms with Gasteiger partial charge in [0.05, 0.1) is 0 Å². The first-order chi connectivity index (χ1) is 9.20. The van der Waals surface area contributed by atoms with Crippen molar-refractivity contribution in [2.24, 2.45) is 0 Å². The number of hydrogen-bond donors (Lipinski definition) is 1. The monoisotopic (exact) mass is 273 g/mol. The van der Waals surface area contributed by atoms with Gasteiger partial charge in [0.2, 0.25) is 0 Å². The second-order valence-corrected chi connectivity index (χ2v) is 6.82. The molecule has 0 saturated heterocycles. The van der Waals surface area contributed by atoms with E-state index in [2.05, 4.69) is 68.7 Å². The minimum Gasteiger partial charge on any atom is -0.316 e. The third-order valence-corrected chi connectivity index (χ3v) is 4.65. The van der Waals surface area contributed by atoms with Crippen molar-refractivity contribution in [1.29, 1.82) is 0 Å². The SMILES string of the molecule is CNC(CSC(C)C)Cc1cccc2ccccc12. The zero-order chi connectivity index (χ0) is 13.7. The average Bonchev–Trinajstić information content (AvgIpc) is 2.43. The first kappa shape index (κ1) is 14.4. The Morgan fingerprint density at radius 1 is 1.05 bits per heavy atom. The number of benzene rings is 2. The highest BCUT2D eigenvalue weighted by Gasteiger charge is 2.10. The normalized spacial score (nSPS) is 13.1. The lowest BCUT2D eigenvalue weighted by Crippen LogP contribution is -2.30. The zero-order valence-corrected chi connectivity index (χ0v) is 12.8. The van der Waals surface area contributed by atoms with E-state index in [1.807, 2.05) is 11.8 Å². The Hall–Kier alpha value is -0.990. The van der Waals surface area contributed by atoms with Crippen LogP contribution >= 0.6 is 11.8 Å². The van der Waals surface area contributed by atoms with E-state index >= 15 is 0 Å². The summed E-state index contributed by atoms with van der Waals surface area (Å²) in [6.45, 7) is 4.52. The molecule has 0 aromatic heterocycles. The third-order valence-electron chi connectivity index (χ3n) is 3.39. The lowest BCUT2D eigenvalue weighted by atomic mass is 9.99. The van der Waals surface area contributed by atoms with E-state index in [1.165, 1.54) is 16.3 Å². The molecule has 19 heavy (non-hydrogen) atoms. The molecule has 0 aliphatic rings. The van der Waals surface area contributed by atoms with Crippen molar-refractivity contribution in [2.75, 3.05) is 12.8 Å². The summed E-state index contributed by atoms with van der Waals surface area (Å²) in [5, 5.41) is 6.88. The van der Waals surface area contributed by atoms with Crippen molar-refractivity contribution in [3.8, 4) is 0 Å². The van der Waals surface area contributed by atoms with Crippen LogP contribution in [0.15, 0.2) is 42.5 Å². The molecular formula is C17H23NS. The molecule has 1 atom stereocenters. The van der Waals surface area contributed by atoms with Crippen LogP contribution in [0, 0.1) is 0 Å². The first-order valence-corrected chi connectivity index (χ1v) is 8.01. The maximum atomic E-state index is 3.45. The fraction of sp³-hybridized carbons (Fsp3) is 0.412. The summed E-state index contributed by atoms with van der Waals surface area (Å²) in [6.07, 6.45) is 1.09. The summed E-state index contributed by atoms with van der Waals surface area (Å²) in [5.74, 6) is 1.16. The van der Waals surface area contributed by atoms with E-state index in [9.17, 15) is 0 Å². The molecule has 0 fully saturated rings. The predicted octanol–water partition coefficient (Wildman–Crippen LogP) is 4.11. The van der Waals surface area contributed by atoms with Crippen molar-refractivity contribution in [3.05, 3.63) is 48.0 Å². The van der Waals surface area contributed by atoms with Crippen LogP contribution < -0.4 is 5.32 Å². The second kappa shape index (κ2) is 6.97. The Balaban J connectivity index is 2.15. The van der Waals surface area contributed by atoms with Crippen LogP contribution in [0.4, 0.5) is 0 Å². The van der Waals surface area contributed by atoms with Gasteiger partial charge in [0.25, 0.3) is 0 Å². The van der Waals surface area contributed by atoms with Crippen molar-refractivity contribution < 1.29 is 0 Å². The number of nitrogens with one attached hydrogen (secondary N) is 1. The first-order valence-electron chi connectivity index (χ1n) is 6.96. The van der Waals surface area contributed by atoms with Crippen molar-refractivity contribution in [2.45, 2.75) is 31.6 Å². The van der Waals surface area contributed by atoms with Crippen LogP contribution in [-0.4, -0.2) is 24.1 Å². The van der Waals surface area contributed by atoms with Gasteiger partial charge in [-0.25, -0.2) is 0 Å². The Labute approximate surface area is 120 Å². The van der Waals surface area contributed by atoms with Gasteiger partial charge in [0, 0.05) is 11.8 Å². The molecule has 2 aromatic rings. The maximum Gasteiger partial charge on any atom is 0.0195 e. The van der Waals surface area contributed by atoms with Crippen molar-refractivity contribution >= 4 is 22.5 Å². The topological polar surface area (TPSA) is 12.0 Å². The van der Waals surface area contributed by atoms with E-state index in [0.717, 1.165) is 12.2 Å². The quantitative estimate of drug-likeness (QED) is 0.850. The fourth-order valence-electron chi connectivity index (χ4n) is 2.29. The van der Waals surface area contributed by atoms with Crippen LogP contribution in [0.25, 0.3) is 10.8 Å². The molecule has 0 aliphatic heterocycles. The van der Waals surface area contributed by atoms with Gasteiger partial charge in [-0.2, -0.15) is 11.8 Å².